The zero-order chi connectivity index (χ0) is 8.10. The molecule has 0 unspecified atom stereocenters. The molecule has 0 aromatic heterocycles. The third-order valence-corrected chi connectivity index (χ3v) is 2.57. The molecule has 0 saturated carbocycles. The molecule has 0 saturated heterocycles. The van der Waals surface area contributed by atoms with Crippen LogP contribution in [-0.4, -0.2) is 6.29 Å². The molecule has 1 aliphatic rings. The van der Waals surface area contributed by atoms with Crippen molar-refractivity contribution >= 4 is 18.0 Å². The van der Waals surface area contributed by atoms with E-state index in [0.29, 0.717) is 0 Å². The summed E-state index contributed by atoms with van der Waals surface area (Å²) in [7, 11) is 0. The third kappa shape index (κ3) is 2.09. The molecule has 3 heteroatoms. The molecule has 0 spiro atoms. The lowest BCUT2D eigenvalue weighted by molar-refractivity contribution is -0.105. The highest BCUT2D eigenvalue weighted by Gasteiger charge is 2.11. The SMILES string of the molecule is N#CSC1=C(C=O)CCCC1. The summed E-state index contributed by atoms with van der Waals surface area (Å²) in [5, 5.41) is 10.4. The summed E-state index contributed by atoms with van der Waals surface area (Å²) in [4.78, 5) is 11.4. The summed E-state index contributed by atoms with van der Waals surface area (Å²) in [6.45, 7) is 0. The van der Waals surface area contributed by atoms with Crippen molar-refractivity contribution in [2.75, 3.05) is 0 Å². The summed E-state index contributed by atoms with van der Waals surface area (Å²) in [6.07, 6.45) is 4.85. The van der Waals surface area contributed by atoms with E-state index in [1.54, 1.807) is 0 Å². The van der Waals surface area contributed by atoms with Gasteiger partial charge in [0.15, 0.2) is 0 Å². The van der Waals surface area contributed by atoms with Gasteiger partial charge < -0.3 is 0 Å². The first kappa shape index (κ1) is 8.35. The maximum absolute atomic E-state index is 10.5. The average molecular weight is 167 g/mol. The Labute approximate surface area is 70.3 Å². The molecule has 0 aliphatic heterocycles. The second kappa shape index (κ2) is 4.20. The number of nitrogens with zero attached hydrogens (tertiary/aromatic N) is 1. The topological polar surface area (TPSA) is 40.9 Å². The lowest BCUT2D eigenvalue weighted by Gasteiger charge is -2.12. The smallest absolute Gasteiger partial charge is 0.146 e. The lowest BCUT2D eigenvalue weighted by Crippen LogP contribution is -1.97. The van der Waals surface area contributed by atoms with Crippen molar-refractivity contribution in [3.8, 4) is 5.40 Å². The predicted octanol–water partition coefficient (Wildman–Crippen LogP) is 2.23. The molecule has 0 bridgehead atoms. The van der Waals surface area contributed by atoms with E-state index in [2.05, 4.69) is 0 Å². The van der Waals surface area contributed by atoms with E-state index in [9.17, 15) is 4.79 Å². The van der Waals surface area contributed by atoms with E-state index in [-0.39, 0.29) is 0 Å². The lowest BCUT2D eigenvalue weighted by atomic mass is 10.0. The number of thioether (sulfide) groups is 1. The van der Waals surface area contributed by atoms with E-state index in [1.165, 1.54) is 0 Å². The molecule has 58 valence electrons. The Bertz CT molecular complexity index is 227. The van der Waals surface area contributed by atoms with Gasteiger partial charge in [-0.2, -0.15) is 5.26 Å². The number of carbonyl (C=O) groups excluding carboxylic acids is 1. The van der Waals surface area contributed by atoms with Gasteiger partial charge in [0.05, 0.1) is 0 Å². The van der Waals surface area contributed by atoms with Crippen LogP contribution in [0.3, 0.4) is 0 Å². The molecule has 2 nitrogen and oxygen atoms in total. The van der Waals surface area contributed by atoms with Crippen molar-refractivity contribution < 1.29 is 4.79 Å². The Morgan fingerprint density at radius 2 is 2.18 bits per heavy atom. The number of allylic oxidation sites excluding steroid dienone is 2. The van der Waals surface area contributed by atoms with E-state index in [4.69, 9.17) is 5.26 Å². The van der Waals surface area contributed by atoms with Gasteiger partial charge in [0.1, 0.15) is 11.7 Å². The molecular weight excluding hydrogens is 158 g/mol. The molecule has 11 heavy (non-hydrogen) atoms. The van der Waals surface area contributed by atoms with Crippen molar-refractivity contribution in [1.82, 2.24) is 0 Å². The number of hydrogen-bond donors (Lipinski definition) is 0. The van der Waals surface area contributed by atoms with Crippen LogP contribution in [-0.2, 0) is 4.79 Å². The van der Waals surface area contributed by atoms with Gasteiger partial charge in [-0.15, -0.1) is 0 Å². The number of aldehydes is 1. The van der Waals surface area contributed by atoms with Gasteiger partial charge in [0.25, 0.3) is 0 Å². The largest absolute Gasteiger partial charge is 0.298 e. The van der Waals surface area contributed by atoms with Crippen LogP contribution >= 0.6 is 11.8 Å². The molecule has 0 aromatic carbocycles. The van der Waals surface area contributed by atoms with E-state index in [1.807, 2.05) is 5.40 Å². The van der Waals surface area contributed by atoms with Gasteiger partial charge in [-0.1, -0.05) is 0 Å². The molecular formula is C8H9NOS. The molecule has 0 radical (unpaired) electrons. The minimum atomic E-state index is 0.836. The molecule has 0 fully saturated rings. The monoisotopic (exact) mass is 167 g/mol. The Morgan fingerprint density at radius 3 is 2.82 bits per heavy atom. The molecule has 1 aliphatic carbocycles. The zero-order valence-corrected chi connectivity index (χ0v) is 6.99. The standard InChI is InChI=1S/C8H9NOS/c9-6-11-8-4-2-1-3-7(8)5-10/h5H,1-4H2. The quantitative estimate of drug-likeness (QED) is 0.467. The molecule has 0 heterocycles. The van der Waals surface area contributed by atoms with E-state index >= 15 is 0 Å². The van der Waals surface area contributed by atoms with Crippen molar-refractivity contribution in [1.29, 1.82) is 5.26 Å². The van der Waals surface area contributed by atoms with Crippen molar-refractivity contribution in [3.05, 3.63) is 10.5 Å². The predicted molar refractivity (Wildman–Crippen MR) is 44.8 cm³/mol. The van der Waals surface area contributed by atoms with Crippen LogP contribution in [0, 0.1) is 10.7 Å². The van der Waals surface area contributed by atoms with Gasteiger partial charge in [0.2, 0.25) is 0 Å². The van der Waals surface area contributed by atoms with E-state index < -0.39 is 0 Å². The fraction of sp³-hybridized carbons (Fsp3) is 0.500. The van der Waals surface area contributed by atoms with Crippen LogP contribution in [0.5, 0.6) is 0 Å². The van der Waals surface area contributed by atoms with Gasteiger partial charge >= 0.3 is 0 Å². The minimum Gasteiger partial charge on any atom is -0.298 e. The highest BCUT2D eigenvalue weighted by molar-refractivity contribution is 8.07. The molecule has 0 aromatic rings. The van der Waals surface area contributed by atoms with Crippen molar-refractivity contribution in [2.45, 2.75) is 25.7 Å². The summed E-state index contributed by atoms with van der Waals surface area (Å²) in [6, 6.07) is 0. The van der Waals surface area contributed by atoms with Gasteiger partial charge in [-0.05, 0) is 37.4 Å². The van der Waals surface area contributed by atoms with Gasteiger partial charge in [-0.25, -0.2) is 0 Å². The van der Waals surface area contributed by atoms with Crippen LogP contribution < -0.4 is 0 Å². The summed E-state index contributed by atoms with van der Waals surface area (Å²) >= 11 is 1.14. The highest BCUT2D eigenvalue weighted by Crippen LogP contribution is 2.30. The van der Waals surface area contributed by atoms with Crippen molar-refractivity contribution in [2.24, 2.45) is 0 Å². The highest BCUT2D eigenvalue weighted by atomic mass is 32.2. The average Bonchev–Trinajstić information content (AvgIpc) is 2.06. The summed E-state index contributed by atoms with van der Waals surface area (Å²) in [5.74, 6) is 0. The first-order valence-corrected chi connectivity index (χ1v) is 4.43. The number of thiocyanates is 1. The molecule has 0 amide bonds. The van der Waals surface area contributed by atoms with Crippen LogP contribution in [0.4, 0.5) is 0 Å². The Morgan fingerprint density at radius 1 is 1.45 bits per heavy atom. The zero-order valence-electron chi connectivity index (χ0n) is 6.17. The summed E-state index contributed by atoms with van der Waals surface area (Å²) < 4.78 is 0. The summed E-state index contributed by atoms with van der Waals surface area (Å²) in [5.41, 5.74) is 0.836. The number of hydrogen-bond acceptors (Lipinski definition) is 3. The first-order valence-electron chi connectivity index (χ1n) is 3.61. The Hall–Kier alpha value is -0.750. The van der Waals surface area contributed by atoms with Crippen LogP contribution in [0.25, 0.3) is 0 Å². The Balaban J connectivity index is 2.74. The van der Waals surface area contributed by atoms with Crippen LogP contribution in [0.2, 0.25) is 0 Å². The fourth-order valence-corrected chi connectivity index (χ4v) is 1.84. The van der Waals surface area contributed by atoms with Crippen LogP contribution in [0.1, 0.15) is 25.7 Å². The maximum Gasteiger partial charge on any atom is 0.146 e. The van der Waals surface area contributed by atoms with E-state index in [0.717, 1.165) is 54.2 Å². The third-order valence-electron chi connectivity index (χ3n) is 1.77. The fourth-order valence-electron chi connectivity index (χ4n) is 1.20. The van der Waals surface area contributed by atoms with Crippen molar-refractivity contribution in [3.63, 3.8) is 0 Å². The number of nitriles is 1. The van der Waals surface area contributed by atoms with Crippen LogP contribution in [0.15, 0.2) is 10.5 Å². The van der Waals surface area contributed by atoms with Gasteiger partial charge in [0, 0.05) is 10.5 Å². The molecule has 0 N–H and O–H groups in total. The Kier molecular flexibility index (Phi) is 3.18. The first-order chi connectivity index (χ1) is 5.38. The second-order valence-electron chi connectivity index (χ2n) is 2.47. The normalized spacial score (nSPS) is 17.7. The number of carbonyl (C=O) groups is 1. The molecule has 0 atom stereocenters. The maximum atomic E-state index is 10.5. The molecule has 1 rings (SSSR count). The second-order valence-corrected chi connectivity index (χ2v) is 3.35. The minimum absolute atomic E-state index is 0.836. The number of rotatable bonds is 2. The van der Waals surface area contributed by atoms with Gasteiger partial charge in [-0.3, -0.25) is 4.79 Å².